The van der Waals surface area contributed by atoms with Gasteiger partial charge in [-0.05, 0) is 49.6 Å². The minimum atomic E-state index is 0.176. The van der Waals surface area contributed by atoms with E-state index in [0.29, 0.717) is 24.7 Å². The molecule has 1 amide bonds. The summed E-state index contributed by atoms with van der Waals surface area (Å²) in [7, 11) is 0. The lowest BCUT2D eigenvalue weighted by Gasteiger charge is -2.11. The van der Waals surface area contributed by atoms with Crippen molar-refractivity contribution in [2.45, 2.75) is 32.6 Å². The number of amides is 1. The smallest absolute Gasteiger partial charge is 0.223 e. The summed E-state index contributed by atoms with van der Waals surface area (Å²) in [6, 6.07) is 7.58. The van der Waals surface area contributed by atoms with Crippen LogP contribution in [0.5, 0.6) is 0 Å². The van der Waals surface area contributed by atoms with Crippen LogP contribution in [-0.2, 0) is 4.79 Å². The number of hydrogen-bond acceptors (Lipinski definition) is 6. The highest BCUT2D eigenvalue weighted by Crippen LogP contribution is 2.24. The summed E-state index contributed by atoms with van der Waals surface area (Å²) in [5, 5.41) is 17.5. The van der Waals surface area contributed by atoms with E-state index in [1.165, 1.54) is 12.8 Å². The molecule has 25 heavy (non-hydrogen) atoms. The van der Waals surface area contributed by atoms with Gasteiger partial charge in [-0.25, -0.2) is 4.98 Å². The van der Waals surface area contributed by atoms with Gasteiger partial charge in [0, 0.05) is 25.2 Å². The van der Waals surface area contributed by atoms with Crippen LogP contribution in [-0.4, -0.2) is 34.2 Å². The van der Waals surface area contributed by atoms with E-state index in [-0.39, 0.29) is 11.8 Å². The van der Waals surface area contributed by atoms with Gasteiger partial charge in [0.15, 0.2) is 5.82 Å². The van der Waals surface area contributed by atoms with Crippen molar-refractivity contribution < 1.29 is 4.79 Å². The quantitative estimate of drug-likeness (QED) is 0.671. The number of nitrogens with one attached hydrogen (secondary N) is 3. The Morgan fingerprint density at radius 2 is 1.84 bits per heavy atom. The highest BCUT2D eigenvalue weighted by atomic mass is 16.1. The molecule has 0 saturated heterocycles. The van der Waals surface area contributed by atoms with Crippen LogP contribution in [0.4, 0.5) is 17.5 Å². The fraction of sp³-hybridized carbons (Fsp3) is 0.444. The molecule has 0 bridgehead atoms. The van der Waals surface area contributed by atoms with E-state index >= 15 is 0 Å². The second kappa shape index (κ2) is 8.41. The number of aromatic nitrogens is 3. The van der Waals surface area contributed by atoms with E-state index in [2.05, 4.69) is 31.1 Å². The first-order valence-corrected chi connectivity index (χ1v) is 8.76. The average Bonchev–Trinajstić information content (AvgIpc) is 3.15. The van der Waals surface area contributed by atoms with E-state index in [1.807, 2.05) is 31.2 Å². The number of rotatable bonds is 7. The molecule has 2 aromatic heterocycles. The average molecular weight is 340 g/mol. The molecule has 2 heterocycles. The standard InChI is InChI=1S/C18H24N6O/c1-13-8-9-19-17(12-13)22-16-7-6-15(23-24-16)20-10-11-21-18(25)14-4-2-3-5-14/h6-9,12,14H,2-5,10-11H2,1H3,(H,20,23)(H,21,25)(H,19,22,24). The molecule has 1 aliphatic rings. The fourth-order valence-corrected chi connectivity index (χ4v) is 2.94. The summed E-state index contributed by atoms with van der Waals surface area (Å²) < 4.78 is 0. The monoisotopic (exact) mass is 340 g/mol. The molecule has 0 aliphatic heterocycles. The first-order chi connectivity index (χ1) is 12.2. The lowest BCUT2D eigenvalue weighted by Crippen LogP contribution is -2.33. The Morgan fingerprint density at radius 3 is 2.56 bits per heavy atom. The normalized spacial score (nSPS) is 14.3. The Labute approximate surface area is 147 Å². The van der Waals surface area contributed by atoms with Crippen LogP contribution in [0.3, 0.4) is 0 Å². The number of carbonyl (C=O) groups is 1. The number of anilines is 3. The summed E-state index contributed by atoms with van der Waals surface area (Å²) in [6.45, 7) is 3.22. The molecule has 0 atom stereocenters. The Hall–Kier alpha value is -2.70. The molecular formula is C18H24N6O. The van der Waals surface area contributed by atoms with Crippen molar-refractivity contribution in [3.05, 3.63) is 36.0 Å². The van der Waals surface area contributed by atoms with Gasteiger partial charge in [-0.3, -0.25) is 4.79 Å². The van der Waals surface area contributed by atoms with Gasteiger partial charge in [-0.2, -0.15) is 0 Å². The van der Waals surface area contributed by atoms with Gasteiger partial charge in [-0.15, -0.1) is 10.2 Å². The molecule has 7 heteroatoms. The van der Waals surface area contributed by atoms with Crippen molar-refractivity contribution in [2.75, 3.05) is 23.7 Å². The lowest BCUT2D eigenvalue weighted by molar-refractivity contribution is -0.124. The summed E-state index contributed by atoms with van der Waals surface area (Å²) >= 11 is 0. The molecule has 0 unspecified atom stereocenters. The first-order valence-electron chi connectivity index (χ1n) is 8.76. The minimum Gasteiger partial charge on any atom is -0.367 e. The van der Waals surface area contributed by atoms with Crippen LogP contribution in [0.1, 0.15) is 31.2 Å². The number of carbonyl (C=O) groups excluding carboxylic acids is 1. The van der Waals surface area contributed by atoms with Crippen molar-refractivity contribution in [1.29, 1.82) is 0 Å². The molecule has 3 rings (SSSR count). The van der Waals surface area contributed by atoms with Crippen LogP contribution in [0.15, 0.2) is 30.5 Å². The Morgan fingerprint density at radius 1 is 1.08 bits per heavy atom. The highest BCUT2D eigenvalue weighted by molar-refractivity contribution is 5.78. The summed E-state index contributed by atoms with van der Waals surface area (Å²) in [6.07, 6.45) is 6.14. The van der Waals surface area contributed by atoms with Gasteiger partial charge in [0.05, 0.1) is 0 Å². The summed E-state index contributed by atoms with van der Waals surface area (Å²) in [5.74, 6) is 2.44. The van der Waals surface area contributed by atoms with Gasteiger partial charge >= 0.3 is 0 Å². The summed E-state index contributed by atoms with van der Waals surface area (Å²) in [5.41, 5.74) is 1.13. The maximum absolute atomic E-state index is 11.9. The van der Waals surface area contributed by atoms with E-state index in [9.17, 15) is 4.79 Å². The SMILES string of the molecule is Cc1ccnc(Nc2ccc(NCCNC(=O)C3CCCC3)nn2)c1. The summed E-state index contributed by atoms with van der Waals surface area (Å²) in [4.78, 5) is 16.2. The molecule has 1 saturated carbocycles. The molecule has 132 valence electrons. The highest BCUT2D eigenvalue weighted by Gasteiger charge is 2.21. The second-order valence-electron chi connectivity index (χ2n) is 6.35. The number of nitrogens with zero attached hydrogens (tertiary/aromatic N) is 3. The third-order valence-corrected chi connectivity index (χ3v) is 4.29. The van der Waals surface area contributed by atoms with Crippen LogP contribution in [0.2, 0.25) is 0 Å². The third-order valence-electron chi connectivity index (χ3n) is 4.29. The first kappa shape index (κ1) is 17.1. The zero-order valence-corrected chi connectivity index (χ0v) is 14.5. The molecule has 7 nitrogen and oxygen atoms in total. The molecule has 2 aromatic rings. The van der Waals surface area contributed by atoms with Crippen LogP contribution >= 0.6 is 0 Å². The number of pyridine rings is 1. The Balaban J connectivity index is 1.41. The second-order valence-corrected chi connectivity index (χ2v) is 6.35. The maximum atomic E-state index is 11.9. The molecule has 1 fully saturated rings. The van der Waals surface area contributed by atoms with Crippen molar-refractivity contribution in [2.24, 2.45) is 5.92 Å². The molecule has 0 radical (unpaired) electrons. The largest absolute Gasteiger partial charge is 0.367 e. The van der Waals surface area contributed by atoms with Gasteiger partial charge in [-0.1, -0.05) is 12.8 Å². The molecule has 1 aliphatic carbocycles. The van der Waals surface area contributed by atoms with Crippen molar-refractivity contribution in [3.63, 3.8) is 0 Å². The van der Waals surface area contributed by atoms with Crippen molar-refractivity contribution >= 4 is 23.4 Å². The fourth-order valence-electron chi connectivity index (χ4n) is 2.94. The Bertz CT molecular complexity index is 697. The lowest BCUT2D eigenvalue weighted by atomic mass is 10.1. The van der Waals surface area contributed by atoms with E-state index in [4.69, 9.17) is 0 Å². The molecule has 3 N–H and O–H groups in total. The maximum Gasteiger partial charge on any atom is 0.223 e. The zero-order chi connectivity index (χ0) is 17.5. The van der Waals surface area contributed by atoms with E-state index < -0.39 is 0 Å². The van der Waals surface area contributed by atoms with Crippen molar-refractivity contribution in [1.82, 2.24) is 20.5 Å². The van der Waals surface area contributed by atoms with Gasteiger partial charge < -0.3 is 16.0 Å². The predicted octanol–water partition coefficient (Wildman–Crippen LogP) is 2.64. The zero-order valence-electron chi connectivity index (χ0n) is 14.5. The van der Waals surface area contributed by atoms with Crippen LogP contribution < -0.4 is 16.0 Å². The van der Waals surface area contributed by atoms with Gasteiger partial charge in [0.2, 0.25) is 5.91 Å². The minimum absolute atomic E-state index is 0.176. The molecule has 0 spiro atoms. The topological polar surface area (TPSA) is 91.8 Å². The molecular weight excluding hydrogens is 316 g/mol. The van der Waals surface area contributed by atoms with Gasteiger partial charge in [0.25, 0.3) is 0 Å². The van der Waals surface area contributed by atoms with E-state index in [0.717, 1.165) is 24.2 Å². The predicted molar refractivity (Wildman–Crippen MR) is 97.7 cm³/mol. The number of hydrogen-bond donors (Lipinski definition) is 3. The number of aryl methyl sites for hydroxylation is 1. The van der Waals surface area contributed by atoms with Crippen molar-refractivity contribution in [3.8, 4) is 0 Å². The van der Waals surface area contributed by atoms with Crippen LogP contribution in [0.25, 0.3) is 0 Å². The molecule has 0 aromatic carbocycles. The van der Waals surface area contributed by atoms with Gasteiger partial charge in [0.1, 0.15) is 11.6 Å². The Kier molecular flexibility index (Phi) is 5.77. The van der Waals surface area contributed by atoms with Crippen LogP contribution in [0, 0.1) is 12.8 Å². The van der Waals surface area contributed by atoms with E-state index in [1.54, 1.807) is 6.20 Å². The third kappa shape index (κ3) is 5.14.